The average molecular weight is 470 g/mol. The smallest absolute Gasteiger partial charge is 0.129 e. The molecule has 0 radical (unpaired) electrons. The Labute approximate surface area is 206 Å². The van der Waals surface area contributed by atoms with E-state index in [4.69, 9.17) is 5.26 Å². The number of fused-ring (bicyclic) bond motifs is 3. The fraction of sp³-hybridized carbons (Fsp3) is 0.400. The fourth-order valence-electron chi connectivity index (χ4n) is 6.36. The Hall–Kier alpha value is -3.23. The molecule has 3 aromatic rings. The summed E-state index contributed by atoms with van der Waals surface area (Å²) in [5.74, 6) is 0.654. The third-order valence-corrected chi connectivity index (χ3v) is 8.62. The van der Waals surface area contributed by atoms with Crippen molar-refractivity contribution in [3.8, 4) is 17.3 Å². The summed E-state index contributed by atoms with van der Waals surface area (Å²) in [5, 5.41) is 20.1. The third kappa shape index (κ3) is 4.00. The van der Waals surface area contributed by atoms with Crippen LogP contribution in [-0.4, -0.2) is 20.8 Å². The molecule has 5 heteroatoms. The number of nitriles is 1. The monoisotopic (exact) mass is 469 g/mol. The molecular weight excluding hydrogens is 437 g/mol. The summed E-state index contributed by atoms with van der Waals surface area (Å²) in [7, 11) is 0. The van der Waals surface area contributed by atoms with Gasteiger partial charge in [-0.2, -0.15) is 5.26 Å². The highest BCUT2D eigenvalue weighted by molar-refractivity contribution is 5.69. The number of aliphatic hydroxyl groups is 1. The summed E-state index contributed by atoms with van der Waals surface area (Å²) in [4.78, 5) is 4.25. The van der Waals surface area contributed by atoms with Gasteiger partial charge in [0.25, 0.3) is 0 Å². The predicted octanol–water partition coefficient (Wildman–Crippen LogP) is 6.56. The number of hydrogen-bond acceptors (Lipinski definition) is 3. The van der Waals surface area contributed by atoms with Crippen molar-refractivity contribution in [1.82, 2.24) is 9.55 Å². The van der Waals surface area contributed by atoms with Gasteiger partial charge in [-0.15, -0.1) is 0 Å². The first kappa shape index (κ1) is 23.5. The highest BCUT2D eigenvalue weighted by Gasteiger charge is 2.41. The van der Waals surface area contributed by atoms with Gasteiger partial charge in [0.05, 0.1) is 42.0 Å². The van der Waals surface area contributed by atoms with Crippen molar-refractivity contribution in [1.29, 1.82) is 5.26 Å². The van der Waals surface area contributed by atoms with Crippen LogP contribution in [-0.2, 0) is 5.41 Å². The van der Waals surface area contributed by atoms with Gasteiger partial charge in [-0.05, 0) is 67.7 Å². The van der Waals surface area contributed by atoms with Gasteiger partial charge in [-0.25, -0.2) is 9.37 Å². The van der Waals surface area contributed by atoms with Gasteiger partial charge in [0.15, 0.2) is 0 Å². The van der Waals surface area contributed by atoms with E-state index < -0.39 is 6.10 Å². The maximum absolute atomic E-state index is 14.7. The van der Waals surface area contributed by atoms with Gasteiger partial charge < -0.3 is 9.67 Å². The summed E-state index contributed by atoms with van der Waals surface area (Å²) in [5.41, 5.74) is 5.44. The molecule has 0 saturated heterocycles. The number of aromatic nitrogens is 2. The predicted molar refractivity (Wildman–Crippen MR) is 135 cm³/mol. The Morgan fingerprint density at radius 3 is 2.77 bits per heavy atom. The number of benzene rings is 2. The fourth-order valence-corrected chi connectivity index (χ4v) is 6.36. The standard InChI is InChI=1S/C30H32FN3O/c1-19-13-22(14-20(2)30(19,3)23-10-7-21(16-32)8-11-23)9-12-24(35)15-27-29-25(5-4-6-26(29)31)28-17-33-18-34(27)28/h4-8,10-11,17-18,20,22,24,27,35H,1,9,12-15H2,2-3H3. The van der Waals surface area contributed by atoms with Gasteiger partial charge >= 0.3 is 0 Å². The van der Waals surface area contributed by atoms with Gasteiger partial charge in [-0.3, -0.25) is 0 Å². The van der Waals surface area contributed by atoms with Crippen LogP contribution < -0.4 is 0 Å². The molecule has 5 rings (SSSR count). The first-order valence-electron chi connectivity index (χ1n) is 12.5. The summed E-state index contributed by atoms with van der Waals surface area (Å²) in [6.45, 7) is 9.02. The van der Waals surface area contributed by atoms with E-state index in [1.165, 1.54) is 17.2 Å². The zero-order valence-corrected chi connectivity index (χ0v) is 20.4. The van der Waals surface area contributed by atoms with Crippen LogP contribution in [0.25, 0.3) is 11.3 Å². The summed E-state index contributed by atoms with van der Waals surface area (Å²) < 4.78 is 16.7. The molecule has 2 aliphatic rings. The molecule has 180 valence electrons. The summed E-state index contributed by atoms with van der Waals surface area (Å²) in [6.07, 6.45) is 7.06. The lowest BCUT2D eigenvalue weighted by atomic mass is 9.59. The molecule has 1 aliphatic carbocycles. The Morgan fingerprint density at radius 1 is 1.29 bits per heavy atom. The van der Waals surface area contributed by atoms with E-state index >= 15 is 0 Å². The Morgan fingerprint density at radius 2 is 2.06 bits per heavy atom. The molecule has 1 aromatic heterocycles. The van der Waals surface area contributed by atoms with Gasteiger partial charge in [0, 0.05) is 16.5 Å². The van der Waals surface area contributed by atoms with E-state index in [0.29, 0.717) is 35.8 Å². The van der Waals surface area contributed by atoms with Crippen LogP contribution in [0.15, 0.2) is 67.1 Å². The minimum atomic E-state index is -0.517. The summed E-state index contributed by atoms with van der Waals surface area (Å²) in [6, 6.07) is 15.0. The second-order valence-electron chi connectivity index (χ2n) is 10.6. The largest absolute Gasteiger partial charge is 0.393 e. The highest BCUT2D eigenvalue weighted by atomic mass is 19.1. The Bertz CT molecular complexity index is 1290. The molecule has 1 fully saturated rings. The molecule has 5 atom stereocenters. The summed E-state index contributed by atoms with van der Waals surface area (Å²) >= 11 is 0. The number of rotatable bonds is 6. The molecule has 0 bridgehead atoms. The number of allylic oxidation sites excluding steroid dienone is 1. The van der Waals surface area contributed by atoms with E-state index in [0.717, 1.165) is 30.5 Å². The van der Waals surface area contributed by atoms with Crippen LogP contribution in [0.1, 0.15) is 68.7 Å². The van der Waals surface area contributed by atoms with Crippen LogP contribution in [0, 0.1) is 29.0 Å². The molecule has 2 aromatic carbocycles. The van der Waals surface area contributed by atoms with Crippen molar-refractivity contribution >= 4 is 0 Å². The third-order valence-electron chi connectivity index (χ3n) is 8.62. The maximum Gasteiger partial charge on any atom is 0.129 e. The van der Waals surface area contributed by atoms with Crippen molar-refractivity contribution in [2.24, 2.45) is 11.8 Å². The van der Waals surface area contributed by atoms with Gasteiger partial charge in [-0.1, -0.05) is 50.3 Å². The van der Waals surface area contributed by atoms with Crippen LogP contribution in [0.5, 0.6) is 0 Å². The quantitative estimate of drug-likeness (QED) is 0.416. The van der Waals surface area contributed by atoms with Crippen molar-refractivity contribution in [3.05, 3.63) is 89.6 Å². The lowest BCUT2D eigenvalue weighted by molar-refractivity contribution is 0.123. The van der Waals surface area contributed by atoms with Crippen LogP contribution in [0.4, 0.5) is 4.39 Å². The second-order valence-corrected chi connectivity index (χ2v) is 10.6. The minimum absolute atomic E-state index is 0.119. The Kier molecular flexibility index (Phi) is 6.11. The number of halogens is 1. The van der Waals surface area contributed by atoms with E-state index in [1.54, 1.807) is 18.6 Å². The van der Waals surface area contributed by atoms with Crippen molar-refractivity contribution in [2.45, 2.75) is 63.5 Å². The van der Waals surface area contributed by atoms with Crippen LogP contribution >= 0.6 is 0 Å². The normalized spacial score (nSPS) is 26.1. The maximum atomic E-state index is 14.7. The van der Waals surface area contributed by atoms with Crippen molar-refractivity contribution < 1.29 is 9.50 Å². The average Bonchev–Trinajstić information content (AvgIpc) is 3.44. The lowest BCUT2D eigenvalue weighted by Gasteiger charge is -2.45. The van der Waals surface area contributed by atoms with Crippen molar-refractivity contribution in [3.63, 3.8) is 0 Å². The molecule has 5 unspecified atom stereocenters. The highest BCUT2D eigenvalue weighted by Crippen LogP contribution is 2.49. The number of nitrogens with zero attached hydrogens (tertiary/aromatic N) is 3. The lowest BCUT2D eigenvalue weighted by Crippen LogP contribution is -2.38. The van der Waals surface area contributed by atoms with E-state index in [9.17, 15) is 9.50 Å². The molecule has 2 heterocycles. The van der Waals surface area contributed by atoms with Crippen LogP contribution in [0.2, 0.25) is 0 Å². The Balaban J connectivity index is 1.23. The molecule has 0 amide bonds. The SMILES string of the molecule is C=C1CC(CCC(O)CC2c3c(F)cccc3-c3cncn32)CC(C)C1(C)c1ccc(C#N)cc1. The van der Waals surface area contributed by atoms with E-state index in [-0.39, 0.29) is 17.3 Å². The molecule has 1 aliphatic heterocycles. The molecule has 1 saturated carbocycles. The topological polar surface area (TPSA) is 61.8 Å². The number of imidazole rings is 1. The first-order chi connectivity index (χ1) is 16.8. The zero-order chi connectivity index (χ0) is 24.7. The van der Waals surface area contributed by atoms with E-state index in [2.05, 4.69) is 43.6 Å². The number of hydrogen-bond donors (Lipinski definition) is 1. The molecular formula is C30H32FN3O. The first-order valence-corrected chi connectivity index (χ1v) is 12.5. The molecule has 35 heavy (non-hydrogen) atoms. The molecule has 1 N–H and O–H groups in total. The van der Waals surface area contributed by atoms with Crippen LogP contribution in [0.3, 0.4) is 0 Å². The van der Waals surface area contributed by atoms with Crippen molar-refractivity contribution in [2.75, 3.05) is 0 Å². The van der Waals surface area contributed by atoms with Gasteiger partial charge in [0.1, 0.15) is 5.82 Å². The molecule has 0 spiro atoms. The zero-order valence-electron chi connectivity index (χ0n) is 20.4. The van der Waals surface area contributed by atoms with Gasteiger partial charge in [0.2, 0.25) is 0 Å². The minimum Gasteiger partial charge on any atom is -0.393 e. The second kappa shape index (κ2) is 9.09. The van der Waals surface area contributed by atoms with E-state index in [1.807, 2.05) is 22.8 Å². The number of aliphatic hydroxyl groups excluding tert-OH is 1. The molecule has 4 nitrogen and oxygen atoms in total.